The summed E-state index contributed by atoms with van der Waals surface area (Å²) in [6, 6.07) is 0.113. The van der Waals surface area contributed by atoms with Crippen LogP contribution in [-0.4, -0.2) is 41.9 Å². The first-order valence-corrected chi connectivity index (χ1v) is 7.34. The van der Waals surface area contributed by atoms with Gasteiger partial charge in [0.25, 0.3) is 0 Å². The van der Waals surface area contributed by atoms with Gasteiger partial charge in [0.15, 0.2) is 0 Å². The van der Waals surface area contributed by atoms with Gasteiger partial charge in [0.2, 0.25) is 11.8 Å². The highest BCUT2D eigenvalue weighted by atomic mass is 16.2. The van der Waals surface area contributed by atoms with Crippen LogP contribution in [-0.2, 0) is 9.59 Å². The molecule has 5 heteroatoms. The molecule has 2 rings (SSSR count). The molecule has 3 N–H and O–H groups in total. The minimum atomic E-state index is -0.283. The normalized spacial score (nSPS) is 36.0. The Balaban J connectivity index is 2.05. The Kier molecular flexibility index (Phi) is 4.45. The highest BCUT2D eigenvalue weighted by Gasteiger charge is 2.37. The van der Waals surface area contributed by atoms with Crippen LogP contribution in [0.2, 0.25) is 0 Å². The minimum Gasteiger partial charge on any atom is -0.369 e. The van der Waals surface area contributed by atoms with Gasteiger partial charge < -0.3 is 16.0 Å². The molecule has 0 aromatic carbocycles. The Bertz CT molecular complexity index is 359. The third kappa shape index (κ3) is 3.08. The lowest BCUT2D eigenvalue weighted by Crippen LogP contribution is -2.57. The van der Waals surface area contributed by atoms with Crippen LogP contribution in [0.5, 0.6) is 0 Å². The fourth-order valence-corrected chi connectivity index (χ4v) is 3.21. The van der Waals surface area contributed by atoms with Gasteiger partial charge in [0.1, 0.15) is 0 Å². The van der Waals surface area contributed by atoms with Gasteiger partial charge in [-0.05, 0) is 45.1 Å². The molecule has 0 spiro atoms. The molecule has 0 aromatic heterocycles. The van der Waals surface area contributed by atoms with E-state index in [-0.39, 0.29) is 29.8 Å². The molecule has 108 valence electrons. The maximum Gasteiger partial charge on any atom is 0.240 e. The summed E-state index contributed by atoms with van der Waals surface area (Å²) >= 11 is 0. The van der Waals surface area contributed by atoms with Gasteiger partial charge in [-0.1, -0.05) is 6.92 Å². The van der Waals surface area contributed by atoms with Crippen LogP contribution >= 0.6 is 0 Å². The van der Waals surface area contributed by atoms with E-state index in [0.29, 0.717) is 12.5 Å². The summed E-state index contributed by atoms with van der Waals surface area (Å²) in [4.78, 5) is 25.9. The fourth-order valence-electron chi connectivity index (χ4n) is 3.21. The van der Waals surface area contributed by atoms with Crippen LogP contribution in [0.25, 0.3) is 0 Å². The second-order valence-electron chi connectivity index (χ2n) is 6.07. The van der Waals surface area contributed by atoms with Gasteiger partial charge in [-0.15, -0.1) is 0 Å². The molecule has 0 saturated carbocycles. The second kappa shape index (κ2) is 5.90. The highest BCUT2D eigenvalue weighted by molar-refractivity contribution is 5.84. The summed E-state index contributed by atoms with van der Waals surface area (Å²) in [5, 5.41) is 3.32. The van der Waals surface area contributed by atoms with Crippen molar-refractivity contribution in [2.75, 3.05) is 13.1 Å². The van der Waals surface area contributed by atoms with E-state index >= 15 is 0 Å². The van der Waals surface area contributed by atoms with Crippen molar-refractivity contribution in [1.29, 1.82) is 0 Å². The lowest BCUT2D eigenvalue weighted by molar-refractivity contribution is -0.141. The summed E-state index contributed by atoms with van der Waals surface area (Å²) < 4.78 is 0. The molecule has 2 heterocycles. The maximum atomic E-state index is 12.7. The van der Waals surface area contributed by atoms with E-state index in [4.69, 9.17) is 5.73 Å². The van der Waals surface area contributed by atoms with Gasteiger partial charge in [-0.3, -0.25) is 9.59 Å². The van der Waals surface area contributed by atoms with Crippen molar-refractivity contribution in [3.05, 3.63) is 0 Å². The summed E-state index contributed by atoms with van der Waals surface area (Å²) in [5.74, 6) is 0.0430. The average molecular weight is 267 g/mol. The summed E-state index contributed by atoms with van der Waals surface area (Å²) in [6.45, 7) is 5.57. The highest BCUT2D eigenvalue weighted by Crippen LogP contribution is 2.25. The largest absolute Gasteiger partial charge is 0.369 e. The van der Waals surface area contributed by atoms with Crippen molar-refractivity contribution in [3.63, 3.8) is 0 Å². The second-order valence-corrected chi connectivity index (χ2v) is 6.07. The van der Waals surface area contributed by atoms with Gasteiger partial charge in [-0.2, -0.15) is 0 Å². The Morgan fingerprint density at radius 1 is 1.21 bits per heavy atom. The molecule has 0 bridgehead atoms. The standard InChI is InChI=1S/C14H25N3O2/c1-9-4-3-7-16-12(9)14(19)17-8-11(13(15)18)6-5-10(17)2/h9-12,16H,3-8H2,1-2H3,(H2,15,18). The number of rotatable bonds is 2. The molecule has 4 unspecified atom stereocenters. The van der Waals surface area contributed by atoms with Crippen molar-refractivity contribution in [3.8, 4) is 0 Å². The smallest absolute Gasteiger partial charge is 0.240 e. The lowest BCUT2D eigenvalue weighted by Gasteiger charge is -2.41. The van der Waals surface area contributed by atoms with E-state index in [9.17, 15) is 9.59 Å². The fraction of sp³-hybridized carbons (Fsp3) is 0.857. The first-order chi connectivity index (χ1) is 9.00. The molecule has 2 fully saturated rings. The van der Waals surface area contributed by atoms with E-state index in [0.717, 1.165) is 32.2 Å². The third-order valence-electron chi connectivity index (χ3n) is 4.60. The zero-order chi connectivity index (χ0) is 14.0. The molecule has 4 atom stereocenters. The van der Waals surface area contributed by atoms with Crippen LogP contribution in [0.3, 0.4) is 0 Å². The number of hydrogen-bond acceptors (Lipinski definition) is 3. The minimum absolute atomic E-state index is 0.0946. The molecule has 0 aromatic rings. The van der Waals surface area contributed by atoms with Crippen molar-refractivity contribution in [2.45, 2.75) is 51.6 Å². The Labute approximate surface area is 114 Å². The molecular weight excluding hydrogens is 242 g/mol. The summed E-state index contributed by atoms with van der Waals surface area (Å²) in [6.07, 6.45) is 3.88. The van der Waals surface area contributed by atoms with Gasteiger partial charge in [0.05, 0.1) is 12.0 Å². The Morgan fingerprint density at radius 2 is 1.95 bits per heavy atom. The summed E-state index contributed by atoms with van der Waals surface area (Å²) in [7, 11) is 0. The van der Waals surface area contributed by atoms with Gasteiger partial charge in [-0.25, -0.2) is 0 Å². The first-order valence-electron chi connectivity index (χ1n) is 7.34. The number of carbonyl (C=O) groups is 2. The number of likely N-dealkylation sites (tertiary alicyclic amines) is 1. The predicted octanol–water partition coefficient (Wildman–Crippen LogP) is 0.487. The molecule has 5 nitrogen and oxygen atoms in total. The van der Waals surface area contributed by atoms with Crippen molar-refractivity contribution in [2.24, 2.45) is 17.6 Å². The molecule has 2 aliphatic rings. The average Bonchev–Trinajstić information content (AvgIpc) is 2.38. The van der Waals surface area contributed by atoms with Crippen LogP contribution in [0.1, 0.15) is 39.5 Å². The number of nitrogens with two attached hydrogens (primary N) is 1. The topological polar surface area (TPSA) is 75.4 Å². The third-order valence-corrected chi connectivity index (χ3v) is 4.60. The Hall–Kier alpha value is -1.10. The van der Waals surface area contributed by atoms with Crippen LogP contribution in [0.15, 0.2) is 0 Å². The first kappa shape index (κ1) is 14.3. The van der Waals surface area contributed by atoms with E-state index in [1.165, 1.54) is 0 Å². The maximum absolute atomic E-state index is 12.7. The predicted molar refractivity (Wildman–Crippen MR) is 73.3 cm³/mol. The van der Waals surface area contributed by atoms with E-state index in [2.05, 4.69) is 19.2 Å². The Morgan fingerprint density at radius 3 is 2.58 bits per heavy atom. The van der Waals surface area contributed by atoms with Crippen molar-refractivity contribution >= 4 is 11.8 Å². The quantitative estimate of drug-likeness (QED) is 0.764. The van der Waals surface area contributed by atoms with E-state index in [1.54, 1.807) is 0 Å². The van der Waals surface area contributed by atoms with Gasteiger partial charge >= 0.3 is 0 Å². The van der Waals surface area contributed by atoms with Crippen LogP contribution in [0.4, 0.5) is 0 Å². The molecule has 2 aliphatic heterocycles. The number of piperidine rings is 2. The molecule has 0 aliphatic carbocycles. The van der Waals surface area contributed by atoms with Crippen molar-refractivity contribution < 1.29 is 9.59 Å². The van der Waals surface area contributed by atoms with E-state index in [1.807, 2.05) is 4.90 Å². The number of amides is 2. The summed E-state index contributed by atoms with van der Waals surface area (Å²) in [5.41, 5.74) is 5.39. The molecular formula is C14H25N3O2. The molecule has 19 heavy (non-hydrogen) atoms. The number of carbonyl (C=O) groups excluding carboxylic acids is 2. The number of primary amides is 1. The number of nitrogens with one attached hydrogen (secondary N) is 1. The molecule has 2 amide bonds. The van der Waals surface area contributed by atoms with Crippen molar-refractivity contribution in [1.82, 2.24) is 10.2 Å². The lowest BCUT2D eigenvalue weighted by atomic mass is 9.88. The zero-order valence-electron chi connectivity index (χ0n) is 11.9. The van der Waals surface area contributed by atoms with E-state index < -0.39 is 0 Å². The number of nitrogens with zero attached hydrogens (tertiary/aromatic N) is 1. The number of hydrogen-bond donors (Lipinski definition) is 2. The molecule has 2 saturated heterocycles. The van der Waals surface area contributed by atoms with Gasteiger partial charge in [0, 0.05) is 12.6 Å². The molecule has 0 radical (unpaired) electrons. The van der Waals surface area contributed by atoms with Crippen LogP contribution < -0.4 is 11.1 Å². The zero-order valence-corrected chi connectivity index (χ0v) is 11.9. The van der Waals surface area contributed by atoms with Crippen LogP contribution in [0, 0.1) is 11.8 Å². The SMILES string of the molecule is CC1CCCNC1C(=O)N1CC(C(N)=O)CCC1C. The monoisotopic (exact) mass is 267 g/mol.